The van der Waals surface area contributed by atoms with Crippen molar-refractivity contribution in [2.24, 2.45) is 0 Å². The van der Waals surface area contributed by atoms with Gasteiger partial charge in [0, 0.05) is 42.0 Å². The maximum Gasteiger partial charge on any atom is 0.234 e. The van der Waals surface area contributed by atoms with Crippen molar-refractivity contribution in [3.63, 3.8) is 0 Å². The van der Waals surface area contributed by atoms with Gasteiger partial charge in [-0.25, -0.2) is 9.97 Å². The molecule has 1 fully saturated rings. The van der Waals surface area contributed by atoms with Crippen molar-refractivity contribution in [1.29, 1.82) is 0 Å². The van der Waals surface area contributed by atoms with E-state index in [4.69, 9.17) is 0 Å². The van der Waals surface area contributed by atoms with E-state index in [1.807, 2.05) is 32.6 Å². The summed E-state index contributed by atoms with van der Waals surface area (Å²) in [5, 5.41) is 4.96. The number of amides is 2. The summed E-state index contributed by atoms with van der Waals surface area (Å²) in [5.74, 6) is 1.25. The van der Waals surface area contributed by atoms with Crippen LogP contribution in [0.15, 0.2) is 5.03 Å². The van der Waals surface area contributed by atoms with Crippen molar-refractivity contribution in [3.05, 3.63) is 16.3 Å². The Balaban J connectivity index is 1.54. The van der Waals surface area contributed by atoms with Gasteiger partial charge in [0.05, 0.1) is 12.3 Å². The molecule has 1 N–H and O–H groups in total. The van der Waals surface area contributed by atoms with Gasteiger partial charge in [-0.15, -0.1) is 11.3 Å². The van der Waals surface area contributed by atoms with Crippen LogP contribution in [0, 0.1) is 20.8 Å². The lowest BCUT2D eigenvalue weighted by molar-refractivity contribution is -0.130. The third-order valence-electron chi connectivity index (χ3n) is 5.05. The van der Waals surface area contributed by atoms with E-state index in [0.29, 0.717) is 38.5 Å². The number of aryl methyl sites for hydroxylation is 3. The van der Waals surface area contributed by atoms with Crippen LogP contribution in [0.4, 0.5) is 0 Å². The molecular weight excluding hydrogens is 418 g/mol. The maximum atomic E-state index is 12.8. The second kappa shape index (κ2) is 9.20. The first-order valence-electron chi connectivity index (χ1n) is 10.2. The van der Waals surface area contributed by atoms with Gasteiger partial charge in [-0.2, -0.15) is 0 Å². The van der Waals surface area contributed by atoms with Crippen molar-refractivity contribution in [3.8, 4) is 0 Å². The lowest BCUT2D eigenvalue weighted by Crippen LogP contribution is -2.53. The van der Waals surface area contributed by atoms with E-state index in [2.05, 4.69) is 34.0 Å². The molecule has 9 heteroatoms. The van der Waals surface area contributed by atoms with E-state index in [-0.39, 0.29) is 17.4 Å². The van der Waals surface area contributed by atoms with E-state index in [1.54, 1.807) is 11.3 Å². The average molecular weight is 450 g/mol. The van der Waals surface area contributed by atoms with Gasteiger partial charge in [-0.05, 0) is 47.1 Å². The number of nitrogens with one attached hydrogen (secondary N) is 1. The van der Waals surface area contributed by atoms with E-state index in [1.165, 1.54) is 22.2 Å². The molecule has 0 bridgehead atoms. The van der Waals surface area contributed by atoms with Gasteiger partial charge in [0.1, 0.15) is 15.7 Å². The molecule has 30 heavy (non-hydrogen) atoms. The fraction of sp³-hybridized carbons (Fsp3) is 0.619. The van der Waals surface area contributed by atoms with Crippen LogP contribution >= 0.6 is 23.1 Å². The second-order valence-corrected chi connectivity index (χ2v) is 11.0. The summed E-state index contributed by atoms with van der Waals surface area (Å²) < 4.78 is 0. The minimum Gasteiger partial charge on any atom is -0.350 e. The number of aromatic nitrogens is 2. The lowest BCUT2D eigenvalue weighted by Gasteiger charge is -2.34. The number of hydrogen-bond acceptors (Lipinski definition) is 7. The minimum atomic E-state index is -0.226. The lowest BCUT2D eigenvalue weighted by atomic mass is 10.1. The summed E-state index contributed by atoms with van der Waals surface area (Å²) in [4.78, 5) is 40.3. The van der Waals surface area contributed by atoms with Crippen LogP contribution in [-0.4, -0.2) is 75.6 Å². The zero-order chi connectivity index (χ0) is 22.1. The molecule has 3 rings (SSSR count). The Bertz CT molecular complexity index is 943. The Morgan fingerprint density at radius 3 is 2.40 bits per heavy atom. The highest BCUT2D eigenvalue weighted by Gasteiger charge is 2.24. The third kappa shape index (κ3) is 5.70. The number of carbonyl (C=O) groups is 2. The van der Waals surface area contributed by atoms with Crippen LogP contribution in [0.5, 0.6) is 0 Å². The number of rotatable bonds is 5. The standard InChI is InChI=1S/C21H31N5O2S2/c1-13-14(2)30-20-18(13)19(22-15(3)23-20)29-12-17(28)26-9-7-25(8-10-26)11-16(27)24-21(4,5)6/h7-12H2,1-6H3,(H,24,27). The molecule has 0 spiro atoms. The number of piperazine rings is 1. The molecule has 0 aromatic carbocycles. The summed E-state index contributed by atoms with van der Waals surface area (Å²) >= 11 is 3.18. The molecule has 1 saturated heterocycles. The fourth-order valence-electron chi connectivity index (χ4n) is 3.46. The predicted molar refractivity (Wildman–Crippen MR) is 123 cm³/mol. The molecular formula is C21H31N5O2S2. The number of thioether (sulfide) groups is 1. The molecule has 0 unspecified atom stereocenters. The number of carbonyl (C=O) groups excluding carboxylic acids is 2. The first kappa shape index (κ1) is 23.0. The number of nitrogens with zero attached hydrogens (tertiary/aromatic N) is 4. The highest BCUT2D eigenvalue weighted by Crippen LogP contribution is 2.35. The third-order valence-corrected chi connectivity index (χ3v) is 7.11. The first-order chi connectivity index (χ1) is 14.0. The SMILES string of the molecule is Cc1nc(SCC(=O)N2CCN(CC(=O)NC(C)(C)C)CC2)c2c(C)c(C)sc2n1. The highest BCUT2D eigenvalue weighted by molar-refractivity contribution is 8.00. The van der Waals surface area contributed by atoms with Crippen LogP contribution in [0.2, 0.25) is 0 Å². The molecule has 3 heterocycles. The number of thiophene rings is 1. The monoisotopic (exact) mass is 449 g/mol. The van der Waals surface area contributed by atoms with E-state index in [0.717, 1.165) is 21.1 Å². The van der Waals surface area contributed by atoms with Crippen molar-refractivity contribution in [2.75, 3.05) is 38.5 Å². The zero-order valence-corrected chi connectivity index (χ0v) is 20.3. The molecule has 0 atom stereocenters. The number of hydrogen-bond donors (Lipinski definition) is 1. The fourth-order valence-corrected chi connectivity index (χ4v) is 5.63. The van der Waals surface area contributed by atoms with Gasteiger partial charge in [-0.3, -0.25) is 14.5 Å². The van der Waals surface area contributed by atoms with Crippen molar-refractivity contribution in [1.82, 2.24) is 25.1 Å². The largest absolute Gasteiger partial charge is 0.350 e. The van der Waals surface area contributed by atoms with E-state index in [9.17, 15) is 9.59 Å². The molecule has 0 aliphatic carbocycles. The molecule has 2 aromatic heterocycles. The number of fused-ring (bicyclic) bond motifs is 1. The minimum absolute atomic E-state index is 0.0300. The Hall–Kier alpha value is -1.71. The molecule has 1 aliphatic rings. The zero-order valence-electron chi connectivity index (χ0n) is 18.7. The van der Waals surface area contributed by atoms with Crippen molar-refractivity contribution >= 4 is 45.1 Å². The summed E-state index contributed by atoms with van der Waals surface area (Å²) in [5.41, 5.74) is 0.975. The van der Waals surface area contributed by atoms with Crippen molar-refractivity contribution < 1.29 is 9.59 Å². The normalized spacial score (nSPS) is 15.6. The smallest absolute Gasteiger partial charge is 0.234 e. The predicted octanol–water partition coefficient (Wildman–Crippen LogP) is 2.77. The summed E-state index contributed by atoms with van der Waals surface area (Å²) in [6, 6.07) is 0. The maximum absolute atomic E-state index is 12.8. The van der Waals surface area contributed by atoms with Crippen molar-refractivity contribution in [2.45, 2.75) is 52.1 Å². The van der Waals surface area contributed by atoms with Crippen LogP contribution in [-0.2, 0) is 9.59 Å². The van der Waals surface area contributed by atoms with Gasteiger partial charge in [0.25, 0.3) is 0 Å². The van der Waals surface area contributed by atoms with Gasteiger partial charge in [0.15, 0.2) is 0 Å². The summed E-state index contributed by atoms with van der Waals surface area (Å²) in [6.07, 6.45) is 0. The van der Waals surface area contributed by atoms with Crippen LogP contribution in [0.25, 0.3) is 10.2 Å². The Labute approximate surface area is 186 Å². The van der Waals surface area contributed by atoms with Crippen LogP contribution in [0.3, 0.4) is 0 Å². The van der Waals surface area contributed by atoms with Crippen LogP contribution < -0.4 is 5.32 Å². The Morgan fingerprint density at radius 2 is 1.77 bits per heavy atom. The topological polar surface area (TPSA) is 78.4 Å². The molecule has 2 aromatic rings. The van der Waals surface area contributed by atoms with Gasteiger partial charge >= 0.3 is 0 Å². The molecule has 0 radical (unpaired) electrons. The molecule has 1 aliphatic heterocycles. The van der Waals surface area contributed by atoms with Gasteiger partial charge in [0.2, 0.25) is 11.8 Å². The van der Waals surface area contributed by atoms with Gasteiger partial charge < -0.3 is 10.2 Å². The summed E-state index contributed by atoms with van der Waals surface area (Å²) in [6.45, 7) is 15.1. The second-order valence-electron chi connectivity index (χ2n) is 8.78. The van der Waals surface area contributed by atoms with Gasteiger partial charge in [-0.1, -0.05) is 11.8 Å². The quantitative estimate of drug-likeness (QED) is 0.559. The Morgan fingerprint density at radius 1 is 1.10 bits per heavy atom. The summed E-state index contributed by atoms with van der Waals surface area (Å²) in [7, 11) is 0. The Kier molecular flexibility index (Phi) is 7.04. The molecule has 7 nitrogen and oxygen atoms in total. The first-order valence-corrected chi connectivity index (χ1v) is 12.0. The van der Waals surface area contributed by atoms with E-state index < -0.39 is 0 Å². The molecule has 164 valence electrons. The highest BCUT2D eigenvalue weighted by atomic mass is 32.2. The molecule has 2 amide bonds. The molecule has 0 saturated carbocycles. The van der Waals surface area contributed by atoms with Crippen LogP contribution in [0.1, 0.15) is 37.0 Å². The van der Waals surface area contributed by atoms with E-state index >= 15 is 0 Å². The average Bonchev–Trinajstić information content (AvgIpc) is 2.92.